The number of aromatic nitrogens is 5. The van der Waals surface area contributed by atoms with E-state index in [-0.39, 0.29) is 11.7 Å². The lowest BCUT2D eigenvalue weighted by molar-refractivity contribution is -0.137. The van der Waals surface area contributed by atoms with Crippen molar-refractivity contribution in [1.29, 1.82) is 0 Å². The Balaban J connectivity index is 1.87. The van der Waals surface area contributed by atoms with Crippen molar-refractivity contribution in [3.05, 3.63) is 46.4 Å². The van der Waals surface area contributed by atoms with Crippen LogP contribution in [0.1, 0.15) is 79.0 Å². The van der Waals surface area contributed by atoms with Gasteiger partial charge in [0.1, 0.15) is 5.01 Å². The van der Waals surface area contributed by atoms with E-state index >= 15 is 0 Å². The van der Waals surface area contributed by atoms with Gasteiger partial charge in [-0.25, -0.2) is 9.67 Å². The van der Waals surface area contributed by atoms with Crippen LogP contribution in [0.4, 0.5) is 18.3 Å². The summed E-state index contributed by atoms with van der Waals surface area (Å²) < 4.78 is 39.8. The van der Waals surface area contributed by atoms with Crippen LogP contribution >= 0.6 is 11.3 Å². The number of carbonyl (C=O) groups is 1. The summed E-state index contributed by atoms with van der Waals surface area (Å²) in [4.78, 5) is 16.8. The topological polar surface area (TPSA) is 85.6 Å². The van der Waals surface area contributed by atoms with Gasteiger partial charge >= 0.3 is 6.18 Å². The third-order valence-corrected chi connectivity index (χ3v) is 5.89. The van der Waals surface area contributed by atoms with Crippen molar-refractivity contribution in [2.75, 3.05) is 5.32 Å². The molecule has 7 nitrogen and oxygen atoms in total. The molecule has 0 radical (unpaired) electrons. The molecule has 0 saturated carbocycles. The standard InChI is InChI=1S/C20H23F3N6OS/c1-5-12(6-2)18-27-28-19(31-18)26-17(30)14-10-25-29(16(14)11(3)4)15-8-7-13(9-24-15)20(21,22)23/h7-12H,5-6H2,1-4H3,(H,26,28,30). The van der Waals surface area contributed by atoms with Gasteiger partial charge in [0.25, 0.3) is 5.91 Å². The molecule has 0 fully saturated rings. The van der Waals surface area contributed by atoms with E-state index in [0.717, 1.165) is 30.1 Å². The van der Waals surface area contributed by atoms with Crippen molar-refractivity contribution < 1.29 is 18.0 Å². The van der Waals surface area contributed by atoms with Crippen LogP contribution in [-0.2, 0) is 6.18 Å². The summed E-state index contributed by atoms with van der Waals surface area (Å²) in [5.74, 6) is -0.0541. The summed E-state index contributed by atoms with van der Waals surface area (Å²) in [5.41, 5.74) is -0.0116. The zero-order valence-electron chi connectivity index (χ0n) is 17.6. The lowest BCUT2D eigenvalue weighted by Gasteiger charge is -2.13. The molecule has 3 aromatic heterocycles. The van der Waals surface area contributed by atoms with E-state index in [4.69, 9.17) is 0 Å². The van der Waals surface area contributed by atoms with Gasteiger partial charge in [0, 0.05) is 12.1 Å². The second-order valence-corrected chi connectivity index (χ2v) is 8.33. The summed E-state index contributed by atoms with van der Waals surface area (Å²) in [5, 5.41) is 16.5. The van der Waals surface area contributed by atoms with E-state index in [1.54, 1.807) is 0 Å². The maximum absolute atomic E-state index is 12.9. The molecule has 3 heterocycles. The zero-order valence-corrected chi connectivity index (χ0v) is 18.4. The van der Waals surface area contributed by atoms with E-state index in [1.807, 2.05) is 13.8 Å². The number of rotatable bonds is 7. The molecule has 1 N–H and O–H groups in total. The largest absolute Gasteiger partial charge is 0.417 e. The fraction of sp³-hybridized carbons (Fsp3) is 0.450. The van der Waals surface area contributed by atoms with E-state index in [9.17, 15) is 18.0 Å². The smallest absolute Gasteiger partial charge is 0.296 e. The number of nitrogens with one attached hydrogen (secondary N) is 1. The Morgan fingerprint density at radius 2 is 1.87 bits per heavy atom. The molecule has 0 spiro atoms. The predicted octanol–water partition coefficient (Wildman–Crippen LogP) is 5.42. The third kappa shape index (κ3) is 4.92. The average molecular weight is 453 g/mol. The number of halogens is 3. The van der Waals surface area contributed by atoms with Crippen LogP contribution in [0.2, 0.25) is 0 Å². The number of alkyl halides is 3. The number of anilines is 1. The Hall–Kier alpha value is -2.82. The van der Waals surface area contributed by atoms with Gasteiger partial charge in [-0.15, -0.1) is 10.2 Å². The first-order valence-corrected chi connectivity index (χ1v) is 10.7. The molecule has 0 unspecified atom stereocenters. The number of hydrogen-bond donors (Lipinski definition) is 1. The quantitative estimate of drug-likeness (QED) is 0.518. The number of pyridine rings is 1. The van der Waals surface area contributed by atoms with E-state index < -0.39 is 17.6 Å². The van der Waals surface area contributed by atoms with Crippen LogP contribution in [-0.4, -0.2) is 30.9 Å². The first-order valence-electron chi connectivity index (χ1n) is 9.91. The van der Waals surface area contributed by atoms with Crippen LogP contribution in [0, 0.1) is 0 Å². The minimum Gasteiger partial charge on any atom is -0.296 e. The molecule has 31 heavy (non-hydrogen) atoms. The SMILES string of the molecule is CCC(CC)c1nnc(NC(=O)c2cnn(-c3ccc(C(F)(F)F)cn3)c2C(C)C)s1. The maximum atomic E-state index is 12.9. The maximum Gasteiger partial charge on any atom is 0.417 e. The molecule has 0 aliphatic carbocycles. The molecule has 0 aromatic carbocycles. The monoisotopic (exact) mass is 452 g/mol. The first kappa shape index (κ1) is 22.9. The molecular weight excluding hydrogens is 429 g/mol. The molecule has 11 heteroatoms. The summed E-state index contributed by atoms with van der Waals surface area (Å²) >= 11 is 1.33. The number of nitrogens with zero attached hydrogens (tertiary/aromatic N) is 5. The molecule has 0 aliphatic heterocycles. The highest BCUT2D eigenvalue weighted by molar-refractivity contribution is 7.15. The van der Waals surface area contributed by atoms with Gasteiger partial charge in [-0.3, -0.25) is 10.1 Å². The van der Waals surface area contributed by atoms with Crippen LogP contribution in [0.5, 0.6) is 0 Å². The Labute approximate surface area is 181 Å². The fourth-order valence-corrected chi connectivity index (χ4v) is 4.21. The van der Waals surface area contributed by atoms with Gasteiger partial charge in [-0.1, -0.05) is 39.0 Å². The molecule has 3 rings (SSSR count). The molecule has 0 saturated heterocycles. The van der Waals surface area contributed by atoms with Gasteiger partial charge in [0.15, 0.2) is 5.82 Å². The van der Waals surface area contributed by atoms with Gasteiger partial charge in [0.05, 0.1) is 23.0 Å². The van der Waals surface area contributed by atoms with Gasteiger partial charge in [0.2, 0.25) is 5.13 Å². The van der Waals surface area contributed by atoms with Crippen molar-refractivity contribution in [3.63, 3.8) is 0 Å². The second-order valence-electron chi connectivity index (χ2n) is 7.33. The summed E-state index contributed by atoms with van der Waals surface area (Å²) in [6.45, 7) is 7.88. The average Bonchev–Trinajstić information content (AvgIpc) is 3.36. The van der Waals surface area contributed by atoms with Crippen LogP contribution in [0.15, 0.2) is 24.5 Å². The highest BCUT2D eigenvalue weighted by Gasteiger charge is 2.31. The first-order chi connectivity index (χ1) is 14.7. The van der Waals surface area contributed by atoms with Crippen LogP contribution in [0.25, 0.3) is 5.82 Å². The molecule has 0 atom stereocenters. The van der Waals surface area contributed by atoms with Gasteiger partial charge in [-0.2, -0.15) is 18.3 Å². The second kappa shape index (κ2) is 9.13. The normalized spacial score (nSPS) is 12.0. The summed E-state index contributed by atoms with van der Waals surface area (Å²) in [6.07, 6.45) is -0.474. The van der Waals surface area contributed by atoms with Gasteiger partial charge in [-0.05, 0) is 30.9 Å². The van der Waals surface area contributed by atoms with Crippen molar-refractivity contribution >= 4 is 22.4 Å². The highest BCUT2D eigenvalue weighted by Crippen LogP contribution is 2.31. The minimum absolute atomic E-state index is 0.137. The zero-order chi connectivity index (χ0) is 22.8. The van der Waals surface area contributed by atoms with Crippen LogP contribution < -0.4 is 5.32 Å². The number of carbonyl (C=O) groups excluding carboxylic acids is 1. The molecule has 0 aliphatic rings. The fourth-order valence-electron chi connectivity index (χ4n) is 3.20. The molecule has 0 bridgehead atoms. The van der Waals surface area contributed by atoms with Crippen molar-refractivity contribution in [1.82, 2.24) is 25.0 Å². The Morgan fingerprint density at radius 1 is 1.16 bits per heavy atom. The molecule has 1 amide bonds. The molecule has 166 valence electrons. The lowest BCUT2D eigenvalue weighted by Crippen LogP contribution is -2.16. The van der Waals surface area contributed by atoms with E-state index in [1.165, 1.54) is 28.3 Å². The number of amides is 1. The van der Waals surface area contributed by atoms with Crippen molar-refractivity contribution in [3.8, 4) is 5.82 Å². The molecular formula is C20H23F3N6OS. The Kier molecular flexibility index (Phi) is 6.73. The minimum atomic E-state index is -4.48. The van der Waals surface area contributed by atoms with Crippen molar-refractivity contribution in [2.45, 2.75) is 58.5 Å². The summed E-state index contributed by atoms with van der Waals surface area (Å²) in [7, 11) is 0. The highest BCUT2D eigenvalue weighted by atomic mass is 32.1. The third-order valence-electron chi connectivity index (χ3n) is 4.89. The lowest BCUT2D eigenvalue weighted by atomic mass is 10.1. The van der Waals surface area contributed by atoms with Crippen molar-refractivity contribution in [2.24, 2.45) is 0 Å². The Morgan fingerprint density at radius 3 is 2.42 bits per heavy atom. The molecule has 3 aromatic rings. The van der Waals surface area contributed by atoms with Crippen LogP contribution in [0.3, 0.4) is 0 Å². The summed E-state index contributed by atoms with van der Waals surface area (Å²) in [6, 6.07) is 2.17. The van der Waals surface area contributed by atoms with E-state index in [2.05, 4.69) is 39.4 Å². The van der Waals surface area contributed by atoms with Gasteiger partial charge < -0.3 is 0 Å². The predicted molar refractivity (Wildman–Crippen MR) is 112 cm³/mol. The Bertz CT molecular complexity index is 1040. The van der Waals surface area contributed by atoms with E-state index in [0.29, 0.717) is 22.3 Å². The number of hydrogen-bond acceptors (Lipinski definition) is 6.